The zero-order valence-corrected chi connectivity index (χ0v) is 8.51. The quantitative estimate of drug-likeness (QED) is 0.441. The second kappa shape index (κ2) is 5.09. The minimum Gasteiger partial charge on any atom is -0.467 e. The fourth-order valence-corrected chi connectivity index (χ4v) is 1.71. The van der Waals surface area contributed by atoms with Crippen LogP contribution in [0.25, 0.3) is 0 Å². The smallest absolute Gasteiger partial charge is 0.334 e. The summed E-state index contributed by atoms with van der Waals surface area (Å²) in [6.07, 6.45) is 1.64. The Labute approximate surface area is 85.4 Å². The highest BCUT2D eigenvalue weighted by atomic mass is 35.5. The fourth-order valence-electron chi connectivity index (χ4n) is 0.664. The summed E-state index contributed by atoms with van der Waals surface area (Å²) < 4.78 is 3.73. The molecule has 0 saturated carbocycles. The van der Waals surface area contributed by atoms with E-state index in [9.17, 15) is 4.79 Å². The normalized spacial score (nSPS) is 12.2. The van der Waals surface area contributed by atoms with Gasteiger partial charge in [-0.05, 0) is 12.1 Å². The summed E-state index contributed by atoms with van der Waals surface area (Å²) in [4.78, 5) is 14.9. The summed E-state index contributed by atoms with van der Waals surface area (Å²) in [5.41, 5.74) is 0. The number of methoxy groups -OCH3 is 1. The summed E-state index contributed by atoms with van der Waals surface area (Å²) >= 11 is 6.87. The first kappa shape index (κ1) is 10.3. The molecule has 0 radical (unpaired) electrons. The molecule has 0 aliphatic carbocycles. The van der Waals surface area contributed by atoms with Gasteiger partial charge in [-0.1, -0.05) is 29.4 Å². The number of carbonyl (C=O) groups is 1. The molecule has 70 valence electrons. The Morgan fingerprint density at radius 3 is 3.00 bits per heavy atom. The predicted octanol–water partition coefficient (Wildman–Crippen LogP) is 1.91. The number of aromatic nitrogens is 1. The van der Waals surface area contributed by atoms with Crippen molar-refractivity contribution in [3.05, 3.63) is 24.4 Å². The molecule has 5 heteroatoms. The summed E-state index contributed by atoms with van der Waals surface area (Å²) in [5, 5.41) is 0.702. The molecular formula is C8H8ClNO2S. The van der Waals surface area contributed by atoms with E-state index in [0.717, 1.165) is 11.8 Å². The van der Waals surface area contributed by atoms with Gasteiger partial charge >= 0.3 is 5.97 Å². The first-order valence-corrected chi connectivity index (χ1v) is 4.85. The van der Waals surface area contributed by atoms with Crippen LogP contribution in [-0.4, -0.2) is 22.8 Å². The molecule has 0 amide bonds. The molecule has 0 fully saturated rings. The number of carbonyl (C=O) groups excluding carboxylic acids is 1. The van der Waals surface area contributed by atoms with Crippen molar-refractivity contribution in [2.75, 3.05) is 7.11 Å². The lowest BCUT2D eigenvalue weighted by molar-refractivity contribution is -0.138. The third kappa shape index (κ3) is 3.24. The predicted molar refractivity (Wildman–Crippen MR) is 51.8 cm³/mol. The number of ether oxygens (including phenoxy) is 1. The number of hydrogen-bond donors (Lipinski definition) is 0. The molecule has 0 saturated heterocycles. The summed E-state index contributed by atoms with van der Waals surface area (Å²) in [6, 6.07) is 5.41. The number of alkyl halides is 1. The van der Waals surface area contributed by atoms with Crippen molar-refractivity contribution in [3.63, 3.8) is 0 Å². The van der Waals surface area contributed by atoms with Gasteiger partial charge in [0.1, 0.15) is 0 Å². The van der Waals surface area contributed by atoms with Gasteiger partial charge in [0.05, 0.1) is 12.1 Å². The van der Waals surface area contributed by atoms with Crippen molar-refractivity contribution in [1.29, 1.82) is 0 Å². The number of thioether (sulfide) groups is 1. The van der Waals surface area contributed by atoms with Gasteiger partial charge in [-0.2, -0.15) is 0 Å². The molecule has 0 spiro atoms. The fraction of sp³-hybridized carbons (Fsp3) is 0.250. The van der Waals surface area contributed by atoms with Crippen molar-refractivity contribution in [3.8, 4) is 0 Å². The standard InChI is InChI=1S/C8H8ClNO2S/c1-12-8(11)7(9)13-6-4-2-3-5-10-6/h2-5,7H,1H3. The molecule has 1 heterocycles. The van der Waals surface area contributed by atoms with Gasteiger partial charge in [0.15, 0.2) is 4.71 Å². The van der Waals surface area contributed by atoms with Crippen molar-refractivity contribution in [2.45, 2.75) is 9.74 Å². The highest BCUT2D eigenvalue weighted by Gasteiger charge is 2.17. The van der Waals surface area contributed by atoms with Gasteiger partial charge in [-0.3, -0.25) is 0 Å². The molecule has 3 nitrogen and oxygen atoms in total. The van der Waals surface area contributed by atoms with Crippen LogP contribution in [0.4, 0.5) is 0 Å². The molecule has 0 aliphatic rings. The number of esters is 1. The lowest BCUT2D eigenvalue weighted by atomic mass is 10.5. The molecule has 1 aromatic rings. The van der Waals surface area contributed by atoms with E-state index in [1.807, 2.05) is 6.07 Å². The topological polar surface area (TPSA) is 39.2 Å². The highest BCUT2D eigenvalue weighted by molar-refractivity contribution is 8.01. The Morgan fingerprint density at radius 2 is 2.46 bits per heavy atom. The van der Waals surface area contributed by atoms with Crippen molar-refractivity contribution >= 4 is 29.3 Å². The summed E-state index contributed by atoms with van der Waals surface area (Å²) in [6.45, 7) is 0. The average molecular weight is 218 g/mol. The van der Waals surface area contributed by atoms with Gasteiger partial charge < -0.3 is 4.74 Å². The molecule has 1 atom stereocenters. The zero-order valence-electron chi connectivity index (χ0n) is 6.94. The van der Waals surface area contributed by atoms with E-state index in [1.54, 1.807) is 18.3 Å². The monoisotopic (exact) mass is 217 g/mol. The first-order chi connectivity index (χ1) is 6.24. The second-order valence-electron chi connectivity index (χ2n) is 2.13. The van der Waals surface area contributed by atoms with E-state index in [-0.39, 0.29) is 0 Å². The number of nitrogens with zero attached hydrogens (tertiary/aromatic N) is 1. The average Bonchev–Trinajstić information content (AvgIpc) is 2.18. The van der Waals surface area contributed by atoms with Crippen molar-refractivity contribution in [1.82, 2.24) is 4.98 Å². The van der Waals surface area contributed by atoms with Crippen LogP contribution in [0.15, 0.2) is 29.4 Å². The van der Waals surface area contributed by atoms with Crippen LogP contribution < -0.4 is 0 Å². The van der Waals surface area contributed by atoms with E-state index in [2.05, 4.69) is 9.72 Å². The molecular weight excluding hydrogens is 210 g/mol. The Hall–Kier alpha value is -0.740. The van der Waals surface area contributed by atoms with Crippen LogP contribution in [0.1, 0.15) is 0 Å². The van der Waals surface area contributed by atoms with Crippen molar-refractivity contribution < 1.29 is 9.53 Å². The third-order valence-electron chi connectivity index (χ3n) is 1.25. The minimum absolute atomic E-state index is 0.461. The van der Waals surface area contributed by atoms with E-state index in [1.165, 1.54) is 7.11 Å². The highest BCUT2D eigenvalue weighted by Crippen LogP contribution is 2.24. The lowest BCUT2D eigenvalue weighted by Gasteiger charge is -2.04. The zero-order chi connectivity index (χ0) is 9.68. The summed E-state index contributed by atoms with van der Waals surface area (Å²) in [7, 11) is 1.30. The summed E-state index contributed by atoms with van der Waals surface area (Å²) in [5.74, 6) is -0.461. The number of rotatable bonds is 3. The van der Waals surface area contributed by atoms with Crippen LogP contribution in [0.3, 0.4) is 0 Å². The van der Waals surface area contributed by atoms with E-state index in [0.29, 0.717) is 5.03 Å². The van der Waals surface area contributed by atoms with E-state index >= 15 is 0 Å². The molecule has 13 heavy (non-hydrogen) atoms. The maximum atomic E-state index is 10.9. The SMILES string of the molecule is COC(=O)C(Cl)Sc1ccccn1. The second-order valence-corrected chi connectivity index (χ2v) is 3.95. The molecule has 1 unspecified atom stereocenters. The van der Waals surface area contributed by atoms with Crippen LogP contribution >= 0.6 is 23.4 Å². The minimum atomic E-state index is -0.736. The Bertz CT molecular complexity index is 281. The molecule has 0 bridgehead atoms. The van der Waals surface area contributed by atoms with Gasteiger partial charge in [0.2, 0.25) is 0 Å². The van der Waals surface area contributed by atoms with Crippen LogP contribution in [0, 0.1) is 0 Å². The number of hydrogen-bond acceptors (Lipinski definition) is 4. The Balaban J connectivity index is 2.55. The largest absolute Gasteiger partial charge is 0.467 e. The van der Waals surface area contributed by atoms with Gasteiger partial charge in [-0.15, -0.1) is 0 Å². The molecule has 0 aliphatic heterocycles. The van der Waals surface area contributed by atoms with Crippen molar-refractivity contribution in [2.24, 2.45) is 0 Å². The van der Waals surface area contributed by atoms with E-state index < -0.39 is 10.7 Å². The molecule has 0 N–H and O–H groups in total. The van der Waals surface area contributed by atoms with Gasteiger partial charge in [0.25, 0.3) is 0 Å². The number of pyridine rings is 1. The number of halogens is 1. The Kier molecular flexibility index (Phi) is 4.05. The van der Waals surface area contributed by atoms with E-state index in [4.69, 9.17) is 11.6 Å². The van der Waals surface area contributed by atoms with Crippen LogP contribution in [0.2, 0.25) is 0 Å². The van der Waals surface area contributed by atoms with Crippen LogP contribution in [-0.2, 0) is 9.53 Å². The molecule has 0 aromatic carbocycles. The maximum Gasteiger partial charge on any atom is 0.334 e. The maximum absolute atomic E-state index is 10.9. The molecule has 1 rings (SSSR count). The van der Waals surface area contributed by atoms with Crippen LogP contribution in [0.5, 0.6) is 0 Å². The Morgan fingerprint density at radius 1 is 1.69 bits per heavy atom. The third-order valence-corrected chi connectivity index (χ3v) is 2.58. The first-order valence-electron chi connectivity index (χ1n) is 3.53. The van der Waals surface area contributed by atoms with Gasteiger partial charge in [-0.25, -0.2) is 9.78 Å². The molecule has 1 aromatic heterocycles. The lowest BCUT2D eigenvalue weighted by Crippen LogP contribution is -2.12. The van der Waals surface area contributed by atoms with Gasteiger partial charge in [0, 0.05) is 6.20 Å².